The van der Waals surface area contributed by atoms with Crippen molar-refractivity contribution in [3.8, 4) is 0 Å². The maximum absolute atomic E-state index is 8.76. The summed E-state index contributed by atoms with van der Waals surface area (Å²) in [6.07, 6.45) is 1.05. The SMILES string of the molecule is CCC(C)(OO)OOC(C)(CC)OOC(C)(CC)OO. The van der Waals surface area contributed by atoms with Gasteiger partial charge in [-0.15, -0.1) is 0 Å². The van der Waals surface area contributed by atoms with Gasteiger partial charge in [0, 0.05) is 19.3 Å². The van der Waals surface area contributed by atoms with Gasteiger partial charge >= 0.3 is 0 Å². The molecule has 0 saturated heterocycles. The van der Waals surface area contributed by atoms with Gasteiger partial charge in [-0.3, -0.25) is 0 Å². The van der Waals surface area contributed by atoms with Crippen molar-refractivity contribution < 1.29 is 39.8 Å². The Bertz CT molecular complexity index is 240. The lowest BCUT2D eigenvalue weighted by atomic mass is 10.2. The molecule has 0 aromatic heterocycles. The molecular formula is C12H26O8. The maximum Gasteiger partial charge on any atom is 0.231 e. The van der Waals surface area contributed by atoms with Gasteiger partial charge in [-0.2, -0.15) is 19.6 Å². The fourth-order valence-electron chi connectivity index (χ4n) is 0.762. The molecule has 0 rings (SSSR count). The van der Waals surface area contributed by atoms with Crippen LogP contribution in [0.3, 0.4) is 0 Å². The topological polar surface area (TPSA) is 95.8 Å². The van der Waals surface area contributed by atoms with Crippen molar-refractivity contribution in [2.45, 2.75) is 78.2 Å². The van der Waals surface area contributed by atoms with Crippen LogP contribution >= 0.6 is 0 Å². The van der Waals surface area contributed by atoms with Gasteiger partial charge in [0.15, 0.2) is 0 Å². The molecule has 0 aromatic carbocycles. The van der Waals surface area contributed by atoms with Crippen LogP contribution in [0, 0.1) is 0 Å². The molecule has 8 nitrogen and oxygen atoms in total. The lowest BCUT2D eigenvalue weighted by Gasteiger charge is -2.33. The molecule has 122 valence electrons. The highest BCUT2D eigenvalue weighted by Crippen LogP contribution is 2.27. The van der Waals surface area contributed by atoms with Crippen molar-refractivity contribution in [1.82, 2.24) is 0 Å². The lowest BCUT2D eigenvalue weighted by molar-refractivity contribution is -0.600. The van der Waals surface area contributed by atoms with Crippen LogP contribution in [0.15, 0.2) is 0 Å². The van der Waals surface area contributed by atoms with Crippen LogP contribution in [0.25, 0.3) is 0 Å². The molecule has 20 heavy (non-hydrogen) atoms. The molecule has 0 fully saturated rings. The van der Waals surface area contributed by atoms with Crippen LogP contribution in [0.2, 0.25) is 0 Å². The maximum atomic E-state index is 8.76. The third-order valence-corrected chi connectivity index (χ3v) is 3.10. The van der Waals surface area contributed by atoms with E-state index in [-0.39, 0.29) is 0 Å². The second-order valence-electron chi connectivity index (χ2n) is 4.98. The molecular weight excluding hydrogens is 272 g/mol. The Hall–Kier alpha value is -0.320. The predicted octanol–water partition coefficient (Wildman–Crippen LogP) is 3.24. The van der Waals surface area contributed by atoms with E-state index in [0.29, 0.717) is 19.3 Å². The zero-order valence-corrected chi connectivity index (χ0v) is 13.0. The number of rotatable bonds is 11. The Morgan fingerprint density at radius 1 is 0.600 bits per heavy atom. The van der Waals surface area contributed by atoms with E-state index in [0.717, 1.165) is 0 Å². The zero-order chi connectivity index (χ0) is 15.9. The molecule has 0 radical (unpaired) electrons. The molecule has 0 spiro atoms. The van der Waals surface area contributed by atoms with E-state index in [4.69, 9.17) is 30.1 Å². The average Bonchev–Trinajstić information content (AvgIpc) is 2.50. The summed E-state index contributed by atoms with van der Waals surface area (Å²) in [7, 11) is 0. The van der Waals surface area contributed by atoms with Crippen molar-refractivity contribution in [3.63, 3.8) is 0 Å². The summed E-state index contributed by atoms with van der Waals surface area (Å²) in [6, 6.07) is 0. The summed E-state index contributed by atoms with van der Waals surface area (Å²) >= 11 is 0. The molecule has 0 saturated carbocycles. The van der Waals surface area contributed by atoms with Gasteiger partial charge in [-0.25, -0.2) is 20.3 Å². The fraction of sp³-hybridized carbons (Fsp3) is 1.00. The minimum atomic E-state index is -1.32. The van der Waals surface area contributed by atoms with Crippen LogP contribution in [-0.2, 0) is 29.3 Å². The summed E-state index contributed by atoms with van der Waals surface area (Å²) in [5.74, 6) is -3.91. The van der Waals surface area contributed by atoms with Crippen LogP contribution in [0.5, 0.6) is 0 Å². The molecule has 0 aliphatic carbocycles. The van der Waals surface area contributed by atoms with E-state index in [1.165, 1.54) is 13.8 Å². The molecule has 0 aliphatic heterocycles. The molecule has 0 heterocycles. The van der Waals surface area contributed by atoms with E-state index < -0.39 is 17.4 Å². The van der Waals surface area contributed by atoms with E-state index in [1.807, 2.05) is 0 Å². The molecule has 0 amide bonds. The Kier molecular flexibility index (Phi) is 8.07. The predicted molar refractivity (Wildman–Crippen MR) is 67.9 cm³/mol. The second kappa shape index (κ2) is 8.20. The Labute approximate surface area is 119 Å². The summed E-state index contributed by atoms with van der Waals surface area (Å²) < 4.78 is 0. The summed E-state index contributed by atoms with van der Waals surface area (Å²) in [5, 5.41) is 17.5. The first kappa shape index (κ1) is 19.7. The van der Waals surface area contributed by atoms with Crippen LogP contribution in [-0.4, -0.2) is 27.9 Å². The minimum Gasteiger partial charge on any atom is -0.249 e. The first-order valence-electron chi connectivity index (χ1n) is 6.61. The monoisotopic (exact) mass is 298 g/mol. The summed E-state index contributed by atoms with van der Waals surface area (Å²) in [5.41, 5.74) is 0. The highest BCUT2D eigenvalue weighted by Gasteiger charge is 2.37. The fourth-order valence-corrected chi connectivity index (χ4v) is 0.762. The van der Waals surface area contributed by atoms with Crippen molar-refractivity contribution in [1.29, 1.82) is 0 Å². The van der Waals surface area contributed by atoms with Crippen LogP contribution < -0.4 is 0 Å². The van der Waals surface area contributed by atoms with Crippen LogP contribution in [0.1, 0.15) is 60.8 Å². The van der Waals surface area contributed by atoms with E-state index in [1.54, 1.807) is 27.7 Å². The Balaban J connectivity index is 4.55. The van der Waals surface area contributed by atoms with Gasteiger partial charge in [0.2, 0.25) is 17.4 Å². The van der Waals surface area contributed by atoms with Gasteiger partial charge in [0.05, 0.1) is 0 Å². The third-order valence-electron chi connectivity index (χ3n) is 3.10. The largest absolute Gasteiger partial charge is 0.249 e. The van der Waals surface area contributed by atoms with E-state index >= 15 is 0 Å². The van der Waals surface area contributed by atoms with E-state index in [9.17, 15) is 0 Å². The molecule has 0 bridgehead atoms. The van der Waals surface area contributed by atoms with Crippen LogP contribution in [0.4, 0.5) is 0 Å². The lowest BCUT2D eigenvalue weighted by Crippen LogP contribution is -2.42. The third kappa shape index (κ3) is 5.98. The number of hydrogen-bond acceptors (Lipinski definition) is 8. The van der Waals surface area contributed by atoms with Gasteiger partial charge < -0.3 is 0 Å². The van der Waals surface area contributed by atoms with Crippen molar-refractivity contribution in [3.05, 3.63) is 0 Å². The molecule has 0 aromatic rings. The molecule has 2 N–H and O–H groups in total. The quantitative estimate of drug-likeness (QED) is 0.341. The van der Waals surface area contributed by atoms with Gasteiger partial charge in [0.25, 0.3) is 0 Å². The van der Waals surface area contributed by atoms with Crippen molar-refractivity contribution in [2.24, 2.45) is 0 Å². The second-order valence-corrected chi connectivity index (χ2v) is 4.98. The van der Waals surface area contributed by atoms with Gasteiger partial charge in [-0.05, 0) is 20.8 Å². The smallest absolute Gasteiger partial charge is 0.231 e. The van der Waals surface area contributed by atoms with Crippen molar-refractivity contribution in [2.75, 3.05) is 0 Å². The normalized spacial score (nSPS) is 21.0. The number of hydrogen-bond donors (Lipinski definition) is 2. The molecule has 0 aliphatic rings. The zero-order valence-electron chi connectivity index (χ0n) is 13.0. The van der Waals surface area contributed by atoms with Gasteiger partial charge in [0.1, 0.15) is 0 Å². The Morgan fingerprint density at radius 2 is 0.850 bits per heavy atom. The molecule has 8 heteroatoms. The standard InChI is InChI=1S/C12H26O8/c1-7-10(4,15-13)17-19-12(6,9-3)20-18-11(5,8-2)16-14/h13-14H,7-9H2,1-6H3. The molecule has 2 unspecified atom stereocenters. The highest BCUT2D eigenvalue weighted by molar-refractivity contribution is 4.60. The summed E-state index contributed by atoms with van der Waals surface area (Å²) in [6.45, 7) is 9.82. The van der Waals surface area contributed by atoms with Crippen molar-refractivity contribution >= 4 is 0 Å². The average molecular weight is 298 g/mol. The van der Waals surface area contributed by atoms with Gasteiger partial charge in [-0.1, -0.05) is 20.8 Å². The highest BCUT2D eigenvalue weighted by atomic mass is 17.4. The molecule has 2 atom stereocenters. The first-order chi connectivity index (χ1) is 9.22. The van der Waals surface area contributed by atoms with E-state index in [2.05, 4.69) is 9.78 Å². The minimum absolute atomic E-state index is 0.344. The first-order valence-corrected chi connectivity index (χ1v) is 6.61. The Morgan fingerprint density at radius 3 is 1.05 bits per heavy atom. The summed E-state index contributed by atoms with van der Waals surface area (Å²) in [4.78, 5) is 28.8.